The van der Waals surface area contributed by atoms with Gasteiger partial charge in [0.15, 0.2) is 0 Å². The molecule has 0 aromatic carbocycles. The van der Waals surface area contributed by atoms with Gasteiger partial charge in [0.1, 0.15) is 11.7 Å². The van der Waals surface area contributed by atoms with E-state index in [1.807, 2.05) is 0 Å². The minimum atomic E-state index is -4.55. The van der Waals surface area contributed by atoms with Gasteiger partial charge in [-0.25, -0.2) is 9.55 Å². The van der Waals surface area contributed by atoms with Crippen LogP contribution in [0.1, 0.15) is 5.56 Å². The Bertz CT molecular complexity index is 548. The zero-order valence-electron chi connectivity index (χ0n) is 7.28. The van der Waals surface area contributed by atoms with Crippen LogP contribution in [0.2, 0.25) is 0 Å². The molecule has 2 rings (SSSR count). The Labute approximate surface area is 82.4 Å². The van der Waals surface area contributed by atoms with E-state index >= 15 is 0 Å². The van der Waals surface area contributed by atoms with Gasteiger partial charge in [-0.05, 0) is 12.1 Å². The highest BCUT2D eigenvalue weighted by molar-refractivity contribution is 5.83. The average Bonchev–Trinajstić information content (AvgIpc) is 2.55. The number of nitriles is 1. The second kappa shape index (κ2) is 2.98. The highest BCUT2D eigenvalue weighted by Crippen LogP contribution is 2.29. The Morgan fingerprint density at radius 2 is 2.13 bits per heavy atom. The molecule has 0 aliphatic heterocycles. The van der Waals surface area contributed by atoms with Gasteiger partial charge < -0.3 is 0 Å². The number of nitrogens with zero attached hydrogens (tertiary/aromatic N) is 3. The summed E-state index contributed by atoms with van der Waals surface area (Å²) in [6.45, 7) is 0. The first kappa shape index (κ1) is 9.52. The van der Waals surface area contributed by atoms with E-state index in [2.05, 4.69) is 4.98 Å². The van der Waals surface area contributed by atoms with Crippen molar-refractivity contribution in [2.75, 3.05) is 0 Å². The molecule has 2 heterocycles. The molecular weight excluding hydrogens is 207 g/mol. The molecule has 2 aromatic rings. The van der Waals surface area contributed by atoms with E-state index in [1.54, 1.807) is 6.07 Å². The van der Waals surface area contributed by atoms with Crippen LogP contribution in [-0.4, -0.2) is 9.55 Å². The quantitative estimate of drug-likeness (QED) is 0.671. The number of halogens is 3. The molecule has 0 fully saturated rings. The van der Waals surface area contributed by atoms with Crippen LogP contribution in [0.5, 0.6) is 0 Å². The lowest BCUT2D eigenvalue weighted by Crippen LogP contribution is -2.15. The van der Waals surface area contributed by atoms with Crippen LogP contribution in [-0.2, 0) is 6.30 Å². The summed E-state index contributed by atoms with van der Waals surface area (Å²) in [5.74, 6) is 0. The van der Waals surface area contributed by atoms with E-state index in [9.17, 15) is 13.2 Å². The number of rotatable bonds is 0. The van der Waals surface area contributed by atoms with Crippen LogP contribution in [0.4, 0.5) is 13.2 Å². The Hall–Kier alpha value is -2.03. The van der Waals surface area contributed by atoms with Crippen molar-refractivity contribution in [1.82, 2.24) is 9.55 Å². The van der Waals surface area contributed by atoms with Crippen LogP contribution in [0, 0.1) is 11.3 Å². The largest absolute Gasteiger partial charge is 0.490 e. The number of hydrogen-bond acceptors (Lipinski definition) is 2. The summed E-state index contributed by atoms with van der Waals surface area (Å²) in [4.78, 5) is 3.61. The predicted octanol–water partition coefficient (Wildman–Crippen LogP) is 2.38. The van der Waals surface area contributed by atoms with Gasteiger partial charge in [-0.15, -0.1) is 13.2 Å². The number of alkyl halides is 3. The van der Waals surface area contributed by atoms with Crippen LogP contribution >= 0.6 is 0 Å². The third-order valence-electron chi connectivity index (χ3n) is 1.96. The highest BCUT2D eigenvalue weighted by atomic mass is 19.4. The molecule has 0 aliphatic carbocycles. The summed E-state index contributed by atoms with van der Waals surface area (Å²) in [7, 11) is 0. The Kier molecular flexibility index (Phi) is 1.89. The van der Waals surface area contributed by atoms with E-state index in [4.69, 9.17) is 5.26 Å². The molecule has 0 atom stereocenters. The highest BCUT2D eigenvalue weighted by Gasteiger charge is 2.33. The monoisotopic (exact) mass is 211 g/mol. The average molecular weight is 211 g/mol. The molecule has 0 saturated heterocycles. The minimum absolute atomic E-state index is 0.0320. The van der Waals surface area contributed by atoms with Gasteiger partial charge in [-0.2, -0.15) is 5.26 Å². The first-order valence-corrected chi connectivity index (χ1v) is 3.97. The van der Waals surface area contributed by atoms with E-state index in [0.29, 0.717) is 0 Å². The van der Waals surface area contributed by atoms with E-state index in [-0.39, 0.29) is 21.2 Å². The summed E-state index contributed by atoms with van der Waals surface area (Å²) in [6, 6.07) is 4.63. The Balaban J connectivity index is 2.84. The maximum Gasteiger partial charge on any atom is 0.490 e. The molecule has 0 saturated carbocycles. The standard InChI is InChI=1S/C9H4F3N3/c10-9(11,12)15-5-6(4-13)7-2-1-3-14-8(7)15/h1-3,5H. The summed E-state index contributed by atoms with van der Waals surface area (Å²) in [6.07, 6.45) is -2.55. The Morgan fingerprint density at radius 3 is 2.73 bits per heavy atom. The van der Waals surface area contributed by atoms with Gasteiger partial charge in [-0.3, -0.25) is 0 Å². The van der Waals surface area contributed by atoms with Crippen molar-refractivity contribution < 1.29 is 13.2 Å². The topological polar surface area (TPSA) is 41.6 Å². The maximum absolute atomic E-state index is 12.5. The molecule has 3 nitrogen and oxygen atoms in total. The summed E-state index contributed by atoms with van der Waals surface area (Å²) >= 11 is 0. The van der Waals surface area contributed by atoms with Gasteiger partial charge in [0.2, 0.25) is 0 Å². The lowest BCUT2D eigenvalue weighted by atomic mass is 10.2. The number of pyridine rings is 1. The molecular formula is C9H4F3N3. The number of fused-ring (bicyclic) bond motifs is 1. The van der Waals surface area contributed by atoms with Crippen molar-refractivity contribution in [3.05, 3.63) is 30.1 Å². The molecule has 0 unspecified atom stereocenters. The van der Waals surface area contributed by atoms with Crippen molar-refractivity contribution in [3.63, 3.8) is 0 Å². The van der Waals surface area contributed by atoms with Crippen LogP contribution in [0.3, 0.4) is 0 Å². The fourth-order valence-electron chi connectivity index (χ4n) is 1.34. The fraction of sp³-hybridized carbons (Fsp3) is 0.111. The second-order valence-corrected chi connectivity index (χ2v) is 2.87. The van der Waals surface area contributed by atoms with Crippen molar-refractivity contribution in [2.24, 2.45) is 0 Å². The van der Waals surface area contributed by atoms with Gasteiger partial charge in [0.25, 0.3) is 0 Å². The molecule has 0 bridgehead atoms. The van der Waals surface area contributed by atoms with E-state index in [1.165, 1.54) is 18.3 Å². The zero-order chi connectivity index (χ0) is 11.1. The lowest BCUT2D eigenvalue weighted by molar-refractivity contribution is -0.201. The predicted molar refractivity (Wildman–Crippen MR) is 45.7 cm³/mol. The minimum Gasteiger partial charge on any atom is -0.241 e. The molecule has 0 spiro atoms. The zero-order valence-corrected chi connectivity index (χ0v) is 7.28. The molecule has 0 amide bonds. The Morgan fingerprint density at radius 1 is 1.40 bits per heavy atom. The molecule has 6 heteroatoms. The fourth-order valence-corrected chi connectivity index (χ4v) is 1.34. The molecule has 0 radical (unpaired) electrons. The first-order valence-electron chi connectivity index (χ1n) is 3.97. The van der Waals surface area contributed by atoms with E-state index in [0.717, 1.165) is 6.20 Å². The number of hydrogen-bond donors (Lipinski definition) is 0. The molecule has 15 heavy (non-hydrogen) atoms. The third kappa shape index (κ3) is 1.42. The molecule has 0 N–H and O–H groups in total. The van der Waals surface area contributed by atoms with Crippen LogP contribution < -0.4 is 0 Å². The molecule has 0 aliphatic rings. The van der Waals surface area contributed by atoms with Crippen LogP contribution in [0.25, 0.3) is 11.0 Å². The van der Waals surface area contributed by atoms with E-state index < -0.39 is 6.30 Å². The molecule has 76 valence electrons. The second-order valence-electron chi connectivity index (χ2n) is 2.87. The summed E-state index contributed by atoms with van der Waals surface area (Å²) in [5, 5.41) is 8.86. The smallest absolute Gasteiger partial charge is 0.241 e. The third-order valence-corrected chi connectivity index (χ3v) is 1.96. The van der Waals surface area contributed by atoms with Crippen molar-refractivity contribution in [2.45, 2.75) is 6.30 Å². The van der Waals surface area contributed by atoms with Gasteiger partial charge in [0.05, 0.1) is 5.56 Å². The SMILES string of the molecule is N#Cc1cn(C(F)(F)F)c2ncccc12. The maximum atomic E-state index is 12.5. The first-order chi connectivity index (χ1) is 7.04. The van der Waals surface area contributed by atoms with Crippen molar-refractivity contribution in [3.8, 4) is 6.07 Å². The van der Waals surface area contributed by atoms with Gasteiger partial charge >= 0.3 is 6.30 Å². The van der Waals surface area contributed by atoms with Gasteiger partial charge in [0, 0.05) is 17.8 Å². The number of aromatic nitrogens is 2. The van der Waals surface area contributed by atoms with Crippen molar-refractivity contribution in [1.29, 1.82) is 5.26 Å². The van der Waals surface area contributed by atoms with Crippen molar-refractivity contribution >= 4 is 11.0 Å². The molecule has 2 aromatic heterocycles. The lowest BCUT2D eigenvalue weighted by Gasteiger charge is -2.07. The normalized spacial score (nSPS) is 11.6. The van der Waals surface area contributed by atoms with Gasteiger partial charge in [-0.1, -0.05) is 0 Å². The summed E-state index contributed by atoms with van der Waals surface area (Å²) in [5.41, 5.74) is -0.281. The van der Waals surface area contributed by atoms with Crippen LogP contribution in [0.15, 0.2) is 24.5 Å². The summed E-state index contributed by atoms with van der Waals surface area (Å²) < 4.78 is 37.5.